The third-order valence-electron chi connectivity index (χ3n) is 4.35. The SMILES string of the molecule is CC[C@H](C)[C@H](NC(=O)OC(C)(C)C)C(=O)C[C@@H](Cc1ccccc1)C(=O)O. The minimum Gasteiger partial charge on any atom is -0.481 e. The van der Waals surface area contributed by atoms with E-state index >= 15 is 0 Å². The minimum absolute atomic E-state index is 0.129. The van der Waals surface area contributed by atoms with Gasteiger partial charge in [0.05, 0.1) is 12.0 Å². The molecule has 0 aromatic heterocycles. The van der Waals surface area contributed by atoms with E-state index in [1.54, 1.807) is 20.8 Å². The number of rotatable bonds is 9. The third kappa shape index (κ3) is 8.24. The number of benzene rings is 1. The van der Waals surface area contributed by atoms with Crippen LogP contribution in [-0.4, -0.2) is 34.6 Å². The fourth-order valence-electron chi connectivity index (χ4n) is 2.73. The van der Waals surface area contributed by atoms with E-state index in [0.717, 1.165) is 5.56 Å². The summed E-state index contributed by atoms with van der Waals surface area (Å²) in [7, 11) is 0. The Bertz CT molecular complexity index is 636. The number of ether oxygens (including phenoxy) is 1. The van der Waals surface area contributed by atoms with Gasteiger partial charge >= 0.3 is 12.1 Å². The van der Waals surface area contributed by atoms with E-state index < -0.39 is 29.6 Å². The standard InChI is InChI=1S/C21H31NO5/c1-6-14(2)18(22-20(26)27-21(3,4)5)17(23)13-16(19(24)25)12-15-10-8-7-9-11-15/h7-11,14,16,18H,6,12-13H2,1-5H3,(H,22,26)(H,24,25)/t14-,16+,18-/m0/s1. The highest BCUT2D eigenvalue weighted by Gasteiger charge is 2.31. The molecule has 1 aromatic carbocycles. The molecule has 0 aliphatic heterocycles. The summed E-state index contributed by atoms with van der Waals surface area (Å²) in [6.07, 6.45) is 0.121. The zero-order valence-corrected chi connectivity index (χ0v) is 16.8. The Balaban J connectivity index is 2.86. The molecule has 0 radical (unpaired) electrons. The maximum absolute atomic E-state index is 12.8. The first-order valence-corrected chi connectivity index (χ1v) is 9.32. The molecule has 1 amide bonds. The van der Waals surface area contributed by atoms with E-state index in [0.29, 0.717) is 6.42 Å². The van der Waals surface area contributed by atoms with Gasteiger partial charge in [-0.3, -0.25) is 9.59 Å². The van der Waals surface area contributed by atoms with Gasteiger partial charge in [-0.05, 0) is 38.7 Å². The summed E-state index contributed by atoms with van der Waals surface area (Å²) in [4.78, 5) is 36.6. The third-order valence-corrected chi connectivity index (χ3v) is 4.35. The lowest BCUT2D eigenvalue weighted by Crippen LogP contribution is -2.47. The van der Waals surface area contributed by atoms with Crippen molar-refractivity contribution in [2.24, 2.45) is 11.8 Å². The number of hydrogen-bond donors (Lipinski definition) is 2. The number of hydrogen-bond acceptors (Lipinski definition) is 4. The molecule has 0 aliphatic carbocycles. The zero-order valence-electron chi connectivity index (χ0n) is 16.8. The van der Waals surface area contributed by atoms with E-state index in [1.807, 2.05) is 44.2 Å². The van der Waals surface area contributed by atoms with Gasteiger partial charge in [-0.2, -0.15) is 0 Å². The molecule has 0 spiro atoms. The molecule has 27 heavy (non-hydrogen) atoms. The fourth-order valence-corrected chi connectivity index (χ4v) is 2.73. The van der Waals surface area contributed by atoms with Crippen molar-refractivity contribution >= 4 is 17.8 Å². The molecule has 0 fully saturated rings. The monoisotopic (exact) mass is 377 g/mol. The Morgan fingerprint density at radius 2 is 1.74 bits per heavy atom. The number of carboxylic acid groups (broad SMARTS) is 1. The molecule has 0 aliphatic rings. The van der Waals surface area contributed by atoms with Crippen LogP contribution < -0.4 is 5.32 Å². The van der Waals surface area contributed by atoms with Gasteiger partial charge in [0.1, 0.15) is 5.60 Å². The number of carbonyl (C=O) groups excluding carboxylic acids is 2. The quantitative estimate of drug-likeness (QED) is 0.682. The number of carboxylic acids is 1. The second-order valence-electron chi connectivity index (χ2n) is 7.90. The highest BCUT2D eigenvalue weighted by Crippen LogP contribution is 2.18. The first-order chi connectivity index (χ1) is 12.5. The highest BCUT2D eigenvalue weighted by molar-refractivity contribution is 5.90. The van der Waals surface area contributed by atoms with Gasteiger partial charge in [-0.15, -0.1) is 0 Å². The van der Waals surface area contributed by atoms with Crippen molar-refractivity contribution in [3.05, 3.63) is 35.9 Å². The molecule has 0 bridgehead atoms. The largest absolute Gasteiger partial charge is 0.481 e. The smallest absolute Gasteiger partial charge is 0.408 e. The summed E-state index contributed by atoms with van der Waals surface area (Å²) in [5.74, 6) is -2.28. The van der Waals surface area contributed by atoms with Crippen molar-refractivity contribution in [3.63, 3.8) is 0 Å². The molecular formula is C21H31NO5. The lowest BCUT2D eigenvalue weighted by Gasteiger charge is -2.27. The first kappa shape index (κ1) is 22.7. The lowest BCUT2D eigenvalue weighted by molar-refractivity contribution is -0.144. The van der Waals surface area contributed by atoms with Crippen molar-refractivity contribution < 1.29 is 24.2 Å². The van der Waals surface area contributed by atoms with E-state index in [1.165, 1.54) is 0 Å². The van der Waals surface area contributed by atoms with Crippen LogP contribution in [0.4, 0.5) is 4.79 Å². The normalized spacial score (nSPS) is 14.7. The number of ketones is 1. The van der Waals surface area contributed by atoms with Crippen molar-refractivity contribution in [1.29, 1.82) is 0 Å². The Labute approximate surface area is 161 Å². The van der Waals surface area contributed by atoms with Crippen molar-refractivity contribution in [1.82, 2.24) is 5.32 Å². The van der Waals surface area contributed by atoms with Gasteiger partial charge in [0.2, 0.25) is 0 Å². The predicted octanol–water partition coefficient (Wildman–Crippen LogP) is 3.83. The number of alkyl carbamates (subject to hydrolysis) is 1. The molecule has 0 saturated heterocycles. The Morgan fingerprint density at radius 1 is 1.15 bits per heavy atom. The Kier molecular flexibility index (Phi) is 8.47. The van der Waals surface area contributed by atoms with E-state index in [2.05, 4.69) is 5.32 Å². The average Bonchev–Trinajstić information content (AvgIpc) is 2.57. The summed E-state index contributed by atoms with van der Waals surface area (Å²) >= 11 is 0. The van der Waals surface area contributed by atoms with Crippen LogP contribution in [0, 0.1) is 11.8 Å². The molecular weight excluding hydrogens is 346 g/mol. The van der Waals surface area contributed by atoms with Crippen LogP contribution in [0.25, 0.3) is 0 Å². The summed E-state index contributed by atoms with van der Waals surface area (Å²) in [6, 6.07) is 8.43. The van der Waals surface area contributed by atoms with Crippen molar-refractivity contribution in [2.75, 3.05) is 0 Å². The van der Waals surface area contributed by atoms with Gasteiger partial charge in [-0.25, -0.2) is 4.79 Å². The van der Waals surface area contributed by atoms with Crippen LogP contribution in [0.1, 0.15) is 53.0 Å². The molecule has 150 valence electrons. The number of Topliss-reactive ketones (excluding diaryl/α,β-unsaturated/α-hetero) is 1. The molecule has 6 heteroatoms. The van der Waals surface area contributed by atoms with Crippen LogP contribution in [0.15, 0.2) is 30.3 Å². The molecule has 0 heterocycles. The van der Waals surface area contributed by atoms with E-state index in [9.17, 15) is 19.5 Å². The topological polar surface area (TPSA) is 92.7 Å². The average molecular weight is 377 g/mol. The summed E-state index contributed by atoms with van der Waals surface area (Å²) in [5, 5.41) is 12.2. The van der Waals surface area contributed by atoms with Gasteiger partial charge in [0.15, 0.2) is 5.78 Å². The second-order valence-corrected chi connectivity index (χ2v) is 7.90. The number of amides is 1. The molecule has 0 saturated carbocycles. The predicted molar refractivity (Wildman–Crippen MR) is 104 cm³/mol. The van der Waals surface area contributed by atoms with Gasteiger partial charge in [0, 0.05) is 6.42 Å². The van der Waals surface area contributed by atoms with E-state index in [-0.39, 0.29) is 24.5 Å². The molecule has 6 nitrogen and oxygen atoms in total. The Morgan fingerprint density at radius 3 is 2.22 bits per heavy atom. The van der Waals surface area contributed by atoms with Gasteiger partial charge in [-0.1, -0.05) is 50.6 Å². The van der Waals surface area contributed by atoms with Crippen LogP contribution in [0.2, 0.25) is 0 Å². The van der Waals surface area contributed by atoms with Crippen molar-refractivity contribution in [3.8, 4) is 0 Å². The summed E-state index contributed by atoms with van der Waals surface area (Å²) < 4.78 is 5.24. The maximum Gasteiger partial charge on any atom is 0.408 e. The number of carbonyl (C=O) groups is 3. The molecule has 0 unspecified atom stereocenters. The van der Waals surface area contributed by atoms with E-state index in [4.69, 9.17) is 4.74 Å². The second kappa shape index (κ2) is 10.1. The molecule has 3 atom stereocenters. The summed E-state index contributed by atoms with van der Waals surface area (Å²) in [6.45, 7) is 9.00. The Hall–Kier alpha value is -2.37. The van der Waals surface area contributed by atoms with Crippen LogP contribution in [0.5, 0.6) is 0 Å². The molecule has 1 aromatic rings. The number of aliphatic carboxylic acids is 1. The number of nitrogens with one attached hydrogen (secondary N) is 1. The first-order valence-electron chi connectivity index (χ1n) is 9.32. The van der Waals surface area contributed by atoms with Crippen LogP contribution in [-0.2, 0) is 20.7 Å². The minimum atomic E-state index is -1.02. The molecule has 1 rings (SSSR count). The van der Waals surface area contributed by atoms with Crippen LogP contribution in [0.3, 0.4) is 0 Å². The van der Waals surface area contributed by atoms with Crippen molar-refractivity contribution in [2.45, 2.75) is 65.5 Å². The van der Waals surface area contributed by atoms with Gasteiger partial charge in [0.25, 0.3) is 0 Å². The fraction of sp³-hybridized carbons (Fsp3) is 0.571. The molecule has 2 N–H and O–H groups in total. The maximum atomic E-state index is 12.8. The lowest BCUT2D eigenvalue weighted by atomic mass is 9.87. The van der Waals surface area contributed by atoms with Gasteiger partial charge < -0.3 is 15.2 Å². The summed E-state index contributed by atoms with van der Waals surface area (Å²) in [5.41, 5.74) is 0.183. The highest BCUT2D eigenvalue weighted by atomic mass is 16.6. The van der Waals surface area contributed by atoms with Crippen LogP contribution >= 0.6 is 0 Å². The zero-order chi connectivity index (χ0) is 20.6.